The van der Waals surface area contributed by atoms with Crippen molar-refractivity contribution in [2.75, 3.05) is 5.32 Å². The van der Waals surface area contributed by atoms with E-state index in [0.29, 0.717) is 16.1 Å². The van der Waals surface area contributed by atoms with E-state index in [9.17, 15) is 13.2 Å². The second-order valence-corrected chi connectivity index (χ2v) is 7.84. The molecule has 106 valence electrons. The molecule has 0 radical (unpaired) electrons. The van der Waals surface area contributed by atoms with Gasteiger partial charge in [-0.1, -0.05) is 22.0 Å². The Morgan fingerprint density at radius 1 is 1.35 bits per heavy atom. The summed E-state index contributed by atoms with van der Waals surface area (Å²) in [6.07, 6.45) is 0. The molecule has 8 heteroatoms. The first kappa shape index (κ1) is 15.2. The highest BCUT2D eigenvalue weighted by atomic mass is 79.9. The van der Waals surface area contributed by atoms with E-state index in [0.717, 1.165) is 15.8 Å². The number of primary sulfonamides is 1. The maximum Gasteiger partial charge on any atom is 0.266 e. The summed E-state index contributed by atoms with van der Waals surface area (Å²) >= 11 is 4.17. The van der Waals surface area contributed by atoms with Crippen LogP contribution in [0.2, 0.25) is 0 Å². The lowest BCUT2D eigenvalue weighted by Crippen LogP contribution is -2.11. The summed E-state index contributed by atoms with van der Waals surface area (Å²) in [5.41, 5.74) is 1.20. The molecule has 1 amide bonds. The normalized spacial score (nSPS) is 11.3. The minimum atomic E-state index is -3.79. The second kappa shape index (κ2) is 5.65. The van der Waals surface area contributed by atoms with Gasteiger partial charge in [0, 0.05) is 10.2 Å². The summed E-state index contributed by atoms with van der Waals surface area (Å²) in [4.78, 5) is 12.5. The highest BCUT2D eigenvalue weighted by Crippen LogP contribution is 2.26. The van der Waals surface area contributed by atoms with E-state index in [4.69, 9.17) is 5.14 Å². The zero-order chi connectivity index (χ0) is 14.9. The first-order valence-electron chi connectivity index (χ1n) is 5.47. The monoisotopic (exact) mass is 374 g/mol. The van der Waals surface area contributed by atoms with E-state index in [1.54, 1.807) is 25.1 Å². The van der Waals surface area contributed by atoms with E-state index in [1.807, 2.05) is 6.07 Å². The number of nitrogens with two attached hydrogens (primary N) is 1. The molecule has 20 heavy (non-hydrogen) atoms. The fourth-order valence-electron chi connectivity index (χ4n) is 1.57. The van der Waals surface area contributed by atoms with Gasteiger partial charge in [0.25, 0.3) is 5.91 Å². The second-order valence-electron chi connectivity index (χ2n) is 4.09. The van der Waals surface area contributed by atoms with E-state index in [-0.39, 0.29) is 10.1 Å². The van der Waals surface area contributed by atoms with E-state index in [2.05, 4.69) is 21.2 Å². The van der Waals surface area contributed by atoms with Crippen LogP contribution in [0.15, 0.2) is 39.0 Å². The average Bonchev–Trinajstić information content (AvgIpc) is 2.71. The number of nitrogens with one attached hydrogen (secondary N) is 1. The quantitative estimate of drug-likeness (QED) is 0.865. The average molecular weight is 375 g/mol. The van der Waals surface area contributed by atoms with Crippen LogP contribution in [0.1, 0.15) is 15.2 Å². The van der Waals surface area contributed by atoms with E-state index in [1.165, 1.54) is 6.07 Å². The van der Waals surface area contributed by atoms with Gasteiger partial charge in [0.05, 0.1) is 4.88 Å². The summed E-state index contributed by atoms with van der Waals surface area (Å²) in [5.74, 6) is -0.361. The third-order valence-corrected chi connectivity index (χ3v) is 5.61. The first-order chi connectivity index (χ1) is 9.27. The van der Waals surface area contributed by atoms with Gasteiger partial charge in [-0.05, 0) is 36.8 Å². The molecular formula is C12H11BrN2O3S2. The standard InChI is InChI=1S/C12H11BrN2O3S2/c1-7-5-10(20(14,17)18)19-11(7)12(16)15-9-4-2-3-8(13)6-9/h2-6H,1H3,(H,15,16)(H2,14,17,18). The lowest BCUT2D eigenvalue weighted by molar-refractivity contribution is 0.103. The van der Waals surface area contributed by atoms with Crippen LogP contribution in [0.4, 0.5) is 5.69 Å². The van der Waals surface area contributed by atoms with Gasteiger partial charge in [-0.25, -0.2) is 13.6 Å². The third-order valence-electron chi connectivity index (χ3n) is 2.46. The van der Waals surface area contributed by atoms with Crippen LogP contribution in [0.3, 0.4) is 0 Å². The molecule has 0 saturated carbocycles. The molecule has 3 N–H and O–H groups in total. The molecule has 0 saturated heterocycles. The van der Waals surface area contributed by atoms with Gasteiger partial charge < -0.3 is 5.32 Å². The van der Waals surface area contributed by atoms with E-state index < -0.39 is 10.0 Å². The van der Waals surface area contributed by atoms with Crippen LogP contribution in [0, 0.1) is 6.92 Å². The number of carbonyl (C=O) groups excluding carboxylic acids is 1. The van der Waals surface area contributed by atoms with Crippen LogP contribution < -0.4 is 10.5 Å². The van der Waals surface area contributed by atoms with Crippen molar-refractivity contribution in [3.63, 3.8) is 0 Å². The van der Waals surface area contributed by atoms with Crippen LogP contribution in [0.25, 0.3) is 0 Å². The smallest absolute Gasteiger partial charge is 0.266 e. The summed E-state index contributed by atoms with van der Waals surface area (Å²) in [7, 11) is -3.79. The predicted octanol–water partition coefficient (Wildman–Crippen LogP) is 2.72. The maximum atomic E-state index is 12.1. The van der Waals surface area contributed by atoms with Crippen molar-refractivity contribution < 1.29 is 13.2 Å². The van der Waals surface area contributed by atoms with E-state index >= 15 is 0 Å². The summed E-state index contributed by atoms with van der Waals surface area (Å²) < 4.78 is 23.4. The Balaban J connectivity index is 2.28. The van der Waals surface area contributed by atoms with Crippen molar-refractivity contribution in [3.05, 3.63) is 45.2 Å². The molecule has 1 aromatic carbocycles. The lowest BCUT2D eigenvalue weighted by atomic mass is 10.2. The van der Waals surface area contributed by atoms with Crippen molar-refractivity contribution in [2.45, 2.75) is 11.1 Å². The van der Waals surface area contributed by atoms with Crippen molar-refractivity contribution in [3.8, 4) is 0 Å². The van der Waals surface area contributed by atoms with Crippen LogP contribution in [0.5, 0.6) is 0 Å². The van der Waals surface area contributed by atoms with Gasteiger partial charge in [0.15, 0.2) is 0 Å². The number of hydrogen-bond acceptors (Lipinski definition) is 4. The predicted molar refractivity (Wildman–Crippen MR) is 82.5 cm³/mol. The number of aryl methyl sites for hydroxylation is 1. The van der Waals surface area contributed by atoms with Gasteiger partial charge >= 0.3 is 0 Å². The molecule has 0 aliphatic carbocycles. The Kier molecular flexibility index (Phi) is 4.28. The van der Waals surface area contributed by atoms with Gasteiger partial charge in [0.1, 0.15) is 4.21 Å². The van der Waals surface area contributed by atoms with Gasteiger partial charge in [-0.15, -0.1) is 11.3 Å². The third kappa shape index (κ3) is 3.45. The Labute approximate surface area is 129 Å². The minimum absolute atomic E-state index is 0.0191. The minimum Gasteiger partial charge on any atom is -0.321 e. The number of thiophene rings is 1. The molecule has 2 aromatic rings. The number of rotatable bonds is 3. The number of carbonyl (C=O) groups is 1. The molecule has 5 nitrogen and oxygen atoms in total. The lowest BCUT2D eigenvalue weighted by Gasteiger charge is -2.04. The molecular weight excluding hydrogens is 364 g/mol. The number of amides is 1. The number of benzene rings is 1. The Morgan fingerprint density at radius 2 is 2.05 bits per heavy atom. The molecule has 0 aliphatic heterocycles. The fraction of sp³-hybridized carbons (Fsp3) is 0.0833. The number of hydrogen-bond donors (Lipinski definition) is 2. The van der Waals surface area contributed by atoms with Crippen molar-refractivity contribution in [1.29, 1.82) is 0 Å². The molecule has 0 unspecified atom stereocenters. The number of halogens is 1. The molecule has 1 heterocycles. The zero-order valence-electron chi connectivity index (χ0n) is 10.4. The fourth-order valence-corrected chi connectivity index (χ4v) is 3.83. The van der Waals surface area contributed by atoms with Crippen molar-refractivity contribution in [1.82, 2.24) is 0 Å². The molecule has 0 atom stereocenters. The molecule has 0 bridgehead atoms. The van der Waals surface area contributed by atoms with Gasteiger partial charge in [0.2, 0.25) is 10.0 Å². The highest BCUT2D eigenvalue weighted by molar-refractivity contribution is 9.10. The summed E-state index contributed by atoms with van der Waals surface area (Å²) in [6, 6.07) is 8.52. The number of anilines is 1. The molecule has 0 spiro atoms. The highest BCUT2D eigenvalue weighted by Gasteiger charge is 2.19. The first-order valence-corrected chi connectivity index (χ1v) is 8.63. The van der Waals surface area contributed by atoms with Crippen LogP contribution in [-0.2, 0) is 10.0 Å². The Morgan fingerprint density at radius 3 is 2.60 bits per heavy atom. The van der Waals surface area contributed by atoms with Crippen molar-refractivity contribution in [2.24, 2.45) is 5.14 Å². The Bertz CT molecular complexity index is 769. The van der Waals surface area contributed by atoms with Crippen molar-refractivity contribution >= 4 is 48.9 Å². The summed E-state index contributed by atoms with van der Waals surface area (Å²) in [5, 5.41) is 7.77. The van der Waals surface area contributed by atoms with Crippen LogP contribution in [-0.4, -0.2) is 14.3 Å². The zero-order valence-corrected chi connectivity index (χ0v) is 13.6. The molecule has 0 aliphatic rings. The summed E-state index contributed by atoms with van der Waals surface area (Å²) in [6.45, 7) is 1.67. The van der Waals surface area contributed by atoms with Gasteiger partial charge in [-0.2, -0.15) is 0 Å². The number of sulfonamides is 1. The molecule has 1 aromatic heterocycles. The van der Waals surface area contributed by atoms with Crippen LogP contribution >= 0.6 is 27.3 Å². The molecule has 2 rings (SSSR count). The Hall–Kier alpha value is -1.22. The maximum absolute atomic E-state index is 12.1. The molecule has 0 fully saturated rings. The van der Waals surface area contributed by atoms with Gasteiger partial charge in [-0.3, -0.25) is 4.79 Å². The topological polar surface area (TPSA) is 89.3 Å². The largest absolute Gasteiger partial charge is 0.321 e. The SMILES string of the molecule is Cc1cc(S(N)(=O)=O)sc1C(=O)Nc1cccc(Br)c1.